The predicted molar refractivity (Wildman–Crippen MR) is 105 cm³/mol. The Kier molecular flexibility index (Phi) is 7.90. The van der Waals surface area contributed by atoms with Crippen LogP contribution in [0.1, 0.15) is 13.3 Å². The molecule has 0 bridgehead atoms. The van der Waals surface area contributed by atoms with Crippen LogP contribution in [-0.2, 0) is 10.0 Å². The van der Waals surface area contributed by atoms with E-state index in [1.807, 2.05) is 13.0 Å². The minimum absolute atomic E-state index is 0. The van der Waals surface area contributed by atoms with E-state index < -0.39 is 10.0 Å². The van der Waals surface area contributed by atoms with E-state index in [2.05, 4.69) is 26.2 Å². The summed E-state index contributed by atoms with van der Waals surface area (Å²) in [4.78, 5) is 4.39. The number of nitrogens with zero attached hydrogens (tertiary/aromatic N) is 2. The fourth-order valence-corrected chi connectivity index (χ4v) is 5.64. The summed E-state index contributed by atoms with van der Waals surface area (Å²) < 4.78 is 28.3. The summed E-state index contributed by atoms with van der Waals surface area (Å²) in [6.07, 6.45) is 4.22. The van der Waals surface area contributed by atoms with Crippen LogP contribution < -0.4 is 5.32 Å². The van der Waals surface area contributed by atoms with E-state index in [9.17, 15) is 8.42 Å². The fraction of sp³-hybridized carbons (Fsp3) is 0.400. The van der Waals surface area contributed by atoms with Gasteiger partial charge in [-0.1, -0.05) is 6.07 Å². The molecule has 1 fully saturated rings. The van der Waals surface area contributed by atoms with Gasteiger partial charge in [-0.3, -0.25) is 4.98 Å². The maximum atomic E-state index is 13.1. The first kappa shape index (κ1) is 21.6. The Hall–Kier alpha value is -0.440. The third-order valence-corrected chi connectivity index (χ3v) is 7.14. The van der Waals surface area contributed by atoms with Gasteiger partial charge in [0.25, 0.3) is 0 Å². The van der Waals surface area contributed by atoms with Crippen molar-refractivity contribution in [3.63, 3.8) is 0 Å². The molecular formula is C15H20BrCl2N3O2S. The van der Waals surface area contributed by atoms with Crippen LogP contribution in [0.15, 0.2) is 40.0 Å². The molecule has 3 rings (SSSR count). The highest BCUT2D eigenvalue weighted by Crippen LogP contribution is 2.32. The van der Waals surface area contributed by atoms with Crippen LogP contribution in [0.2, 0.25) is 0 Å². The molecule has 1 saturated heterocycles. The molecule has 2 heterocycles. The number of pyridine rings is 1. The lowest BCUT2D eigenvalue weighted by Gasteiger charge is -2.26. The van der Waals surface area contributed by atoms with Gasteiger partial charge in [-0.05, 0) is 48.0 Å². The number of hydrogen-bond acceptors (Lipinski definition) is 4. The molecule has 1 aliphatic heterocycles. The van der Waals surface area contributed by atoms with Gasteiger partial charge in [-0.2, -0.15) is 4.31 Å². The second kappa shape index (κ2) is 8.78. The second-order valence-corrected chi connectivity index (χ2v) is 8.15. The van der Waals surface area contributed by atoms with Crippen LogP contribution in [0.5, 0.6) is 0 Å². The first-order chi connectivity index (χ1) is 10.5. The third kappa shape index (κ3) is 4.03. The van der Waals surface area contributed by atoms with Gasteiger partial charge in [0.15, 0.2) is 0 Å². The van der Waals surface area contributed by atoms with E-state index in [-0.39, 0.29) is 30.9 Å². The maximum absolute atomic E-state index is 13.1. The number of sulfonamides is 1. The number of benzene rings is 1. The average Bonchev–Trinajstić information content (AvgIpc) is 2.72. The second-order valence-electron chi connectivity index (χ2n) is 5.50. The van der Waals surface area contributed by atoms with E-state index in [1.165, 1.54) is 0 Å². The third-order valence-electron chi connectivity index (χ3n) is 3.97. The normalized spacial score (nSPS) is 19.2. The lowest BCUT2D eigenvalue weighted by Crippen LogP contribution is -2.41. The van der Waals surface area contributed by atoms with Crippen molar-refractivity contribution in [1.82, 2.24) is 14.6 Å². The number of aromatic nitrogens is 1. The summed E-state index contributed by atoms with van der Waals surface area (Å²) in [5, 5.41) is 5.04. The van der Waals surface area contributed by atoms with Gasteiger partial charge in [-0.25, -0.2) is 8.42 Å². The summed E-state index contributed by atoms with van der Waals surface area (Å²) in [7, 11) is -3.53. The van der Waals surface area contributed by atoms with E-state index >= 15 is 0 Å². The standard InChI is InChI=1S/C15H18BrN3O2S.2ClH/c1-11-9-17-6-2-8-19(11)22(20,21)14-4-3-12-10-18-7-5-13(12)15(14)16;;/h3-5,7,10-11,17H,2,6,8-9H2,1H3;2*1H. The molecule has 2 aromatic rings. The molecule has 1 unspecified atom stereocenters. The van der Waals surface area contributed by atoms with Crippen LogP contribution in [0.25, 0.3) is 10.8 Å². The van der Waals surface area contributed by atoms with Crippen LogP contribution in [0, 0.1) is 0 Å². The molecule has 0 amide bonds. The van der Waals surface area contributed by atoms with Crippen molar-refractivity contribution in [3.05, 3.63) is 35.1 Å². The van der Waals surface area contributed by atoms with Crippen molar-refractivity contribution >= 4 is 61.5 Å². The SMILES string of the molecule is CC1CNCCCN1S(=O)(=O)c1ccc2cnccc2c1Br.Cl.Cl. The minimum Gasteiger partial charge on any atom is -0.315 e. The van der Waals surface area contributed by atoms with Crippen molar-refractivity contribution in [2.75, 3.05) is 19.6 Å². The number of fused-ring (bicyclic) bond motifs is 1. The fourth-order valence-electron chi connectivity index (χ4n) is 2.79. The minimum atomic E-state index is -3.53. The van der Waals surface area contributed by atoms with Gasteiger partial charge in [0, 0.05) is 46.8 Å². The van der Waals surface area contributed by atoms with Crippen molar-refractivity contribution in [1.29, 1.82) is 0 Å². The van der Waals surface area contributed by atoms with Crippen LogP contribution >= 0.6 is 40.7 Å². The molecule has 1 atom stereocenters. The van der Waals surface area contributed by atoms with Crippen molar-refractivity contribution in [2.45, 2.75) is 24.3 Å². The summed E-state index contributed by atoms with van der Waals surface area (Å²) in [6, 6.07) is 5.23. The van der Waals surface area contributed by atoms with Crippen LogP contribution in [0.4, 0.5) is 0 Å². The van der Waals surface area contributed by atoms with Crippen LogP contribution in [-0.4, -0.2) is 43.4 Å². The van der Waals surface area contributed by atoms with Gasteiger partial charge in [0.05, 0.1) is 4.90 Å². The molecule has 1 aliphatic rings. The molecule has 0 spiro atoms. The molecule has 134 valence electrons. The smallest absolute Gasteiger partial charge is 0.244 e. The molecule has 1 aromatic heterocycles. The molecule has 0 aliphatic carbocycles. The van der Waals surface area contributed by atoms with Gasteiger partial charge < -0.3 is 5.32 Å². The van der Waals surface area contributed by atoms with Crippen LogP contribution in [0.3, 0.4) is 0 Å². The largest absolute Gasteiger partial charge is 0.315 e. The van der Waals surface area contributed by atoms with Crippen molar-refractivity contribution in [2.24, 2.45) is 0 Å². The topological polar surface area (TPSA) is 62.3 Å². The molecule has 1 aromatic carbocycles. The van der Waals surface area contributed by atoms with E-state index in [1.54, 1.807) is 28.8 Å². The highest BCUT2D eigenvalue weighted by Gasteiger charge is 2.31. The lowest BCUT2D eigenvalue weighted by molar-refractivity contribution is 0.353. The molecule has 24 heavy (non-hydrogen) atoms. The van der Waals surface area contributed by atoms with E-state index in [4.69, 9.17) is 0 Å². The Bertz CT molecular complexity index is 804. The van der Waals surface area contributed by atoms with E-state index in [0.29, 0.717) is 22.5 Å². The molecule has 0 saturated carbocycles. The Morgan fingerprint density at radius 2 is 2.04 bits per heavy atom. The summed E-state index contributed by atoms with van der Waals surface area (Å²) in [5.41, 5.74) is 0. The summed E-state index contributed by atoms with van der Waals surface area (Å²) >= 11 is 3.47. The maximum Gasteiger partial charge on any atom is 0.244 e. The van der Waals surface area contributed by atoms with Gasteiger partial charge in [0.1, 0.15) is 0 Å². The van der Waals surface area contributed by atoms with Crippen molar-refractivity contribution in [3.8, 4) is 0 Å². The number of rotatable bonds is 2. The Morgan fingerprint density at radius 3 is 2.79 bits per heavy atom. The zero-order valence-corrected chi connectivity index (χ0v) is 17.1. The summed E-state index contributed by atoms with van der Waals surface area (Å²) in [6.45, 7) is 4.00. The quantitative estimate of drug-likeness (QED) is 0.753. The first-order valence-corrected chi connectivity index (χ1v) is 9.50. The monoisotopic (exact) mass is 455 g/mol. The highest BCUT2D eigenvalue weighted by molar-refractivity contribution is 9.10. The number of hydrogen-bond donors (Lipinski definition) is 1. The summed E-state index contributed by atoms with van der Waals surface area (Å²) in [5.74, 6) is 0. The highest BCUT2D eigenvalue weighted by atomic mass is 79.9. The molecular weight excluding hydrogens is 437 g/mol. The number of halogens is 3. The average molecular weight is 457 g/mol. The molecule has 0 radical (unpaired) electrons. The van der Waals surface area contributed by atoms with Gasteiger partial charge in [-0.15, -0.1) is 24.8 Å². The first-order valence-electron chi connectivity index (χ1n) is 7.26. The molecule has 1 N–H and O–H groups in total. The Labute approximate surface area is 163 Å². The van der Waals surface area contributed by atoms with Gasteiger partial charge in [0.2, 0.25) is 10.0 Å². The molecule has 9 heteroatoms. The number of nitrogens with one attached hydrogen (secondary N) is 1. The predicted octanol–water partition coefficient (Wildman–Crippen LogP) is 3.21. The van der Waals surface area contributed by atoms with Gasteiger partial charge >= 0.3 is 0 Å². The van der Waals surface area contributed by atoms with E-state index in [0.717, 1.165) is 23.7 Å². The Morgan fingerprint density at radius 1 is 1.29 bits per heavy atom. The lowest BCUT2D eigenvalue weighted by atomic mass is 10.2. The van der Waals surface area contributed by atoms with Crippen molar-refractivity contribution < 1.29 is 8.42 Å². The molecule has 5 nitrogen and oxygen atoms in total. The Balaban J connectivity index is 0.00000144. The zero-order valence-electron chi connectivity index (χ0n) is 13.1. The zero-order chi connectivity index (χ0) is 15.7.